The highest BCUT2D eigenvalue weighted by Gasteiger charge is 2.32. The molecule has 1 aliphatic rings. The summed E-state index contributed by atoms with van der Waals surface area (Å²) in [7, 11) is 0. The first-order valence-electron chi connectivity index (χ1n) is 9.74. The van der Waals surface area contributed by atoms with Gasteiger partial charge in [0.25, 0.3) is 5.91 Å². The molecule has 3 aromatic rings. The number of hydrogen-bond acceptors (Lipinski definition) is 4. The molecule has 31 heavy (non-hydrogen) atoms. The number of carbonyl (C=O) groups excluding carboxylic acids is 2. The maximum absolute atomic E-state index is 12.4. The lowest BCUT2D eigenvalue weighted by Crippen LogP contribution is -2.27. The quantitative estimate of drug-likeness (QED) is 0.431. The second-order valence-electron chi connectivity index (χ2n) is 7.05. The topological polar surface area (TPSA) is 61.8 Å². The summed E-state index contributed by atoms with van der Waals surface area (Å²) in [6.45, 7) is 0.567. The maximum Gasteiger partial charge on any atom is 0.271 e. The van der Waals surface area contributed by atoms with Crippen LogP contribution in [0.2, 0.25) is 5.02 Å². The Morgan fingerprint density at radius 3 is 2.61 bits per heavy atom. The van der Waals surface area contributed by atoms with Crippen LogP contribution in [-0.2, 0) is 11.3 Å². The zero-order valence-electron chi connectivity index (χ0n) is 16.6. The van der Waals surface area contributed by atoms with Crippen molar-refractivity contribution < 1.29 is 9.59 Å². The summed E-state index contributed by atoms with van der Waals surface area (Å²) in [5, 5.41) is 4.53. The third-order valence-electron chi connectivity index (χ3n) is 4.85. The van der Waals surface area contributed by atoms with E-state index in [-0.39, 0.29) is 17.2 Å². The minimum Gasteiger partial charge on any atom is -0.322 e. The van der Waals surface area contributed by atoms with Gasteiger partial charge in [0, 0.05) is 17.1 Å². The number of hydrogen-bond donors (Lipinski definition) is 1. The fourth-order valence-corrected chi connectivity index (χ4v) is 4.68. The van der Waals surface area contributed by atoms with Crippen LogP contribution in [0.15, 0.2) is 84.0 Å². The van der Waals surface area contributed by atoms with Crippen molar-refractivity contribution in [3.05, 3.63) is 106 Å². The summed E-state index contributed by atoms with van der Waals surface area (Å²) in [6.07, 6.45) is 1.54. The summed E-state index contributed by atoms with van der Waals surface area (Å²) in [6, 6.07) is 24.4. The fraction of sp³-hybridized carbons (Fsp3) is 0.125. The average molecular weight is 450 g/mol. The molecule has 2 amide bonds. The molecular weight excluding hydrogens is 430 g/mol. The standard InChI is InChI=1S/C24H20ClN3O2S/c25-21-8-4-7-18(13-21)14-26-27-23(30)19-9-11-20(12-10-19)24-28(22(29)16-31-24)15-17-5-2-1-3-6-17/h1-14,24H,15-16H2,(H,27,30)/b26-14-/t24-/m1/s1. The molecule has 1 atom stereocenters. The van der Waals surface area contributed by atoms with Gasteiger partial charge in [-0.1, -0.05) is 66.2 Å². The number of thioether (sulfide) groups is 1. The SMILES string of the molecule is O=C(N/N=C\c1cccc(Cl)c1)c1ccc([C@H]2SCC(=O)N2Cc2ccccc2)cc1. The molecule has 1 fully saturated rings. The van der Waals surface area contributed by atoms with Crippen molar-refractivity contribution >= 4 is 41.4 Å². The van der Waals surface area contributed by atoms with Gasteiger partial charge in [-0.2, -0.15) is 5.10 Å². The van der Waals surface area contributed by atoms with E-state index < -0.39 is 0 Å². The van der Waals surface area contributed by atoms with E-state index in [9.17, 15) is 9.59 Å². The molecule has 0 radical (unpaired) electrons. The number of amides is 2. The van der Waals surface area contributed by atoms with Crippen molar-refractivity contribution in [1.82, 2.24) is 10.3 Å². The predicted molar refractivity (Wildman–Crippen MR) is 125 cm³/mol. The molecule has 5 nitrogen and oxygen atoms in total. The maximum atomic E-state index is 12.4. The second kappa shape index (κ2) is 9.81. The van der Waals surface area contributed by atoms with Gasteiger partial charge >= 0.3 is 0 Å². The molecule has 0 bridgehead atoms. The number of hydrazone groups is 1. The van der Waals surface area contributed by atoms with Crippen LogP contribution in [0.3, 0.4) is 0 Å². The predicted octanol–water partition coefficient (Wildman–Crippen LogP) is 4.88. The van der Waals surface area contributed by atoms with E-state index in [1.54, 1.807) is 42.2 Å². The molecule has 0 spiro atoms. The van der Waals surface area contributed by atoms with Gasteiger partial charge < -0.3 is 4.90 Å². The van der Waals surface area contributed by atoms with E-state index in [0.717, 1.165) is 16.7 Å². The molecule has 0 aliphatic carbocycles. The Hall–Kier alpha value is -3.09. The van der Waals surface area contributed by atoms with Crippen LogP contribution in [0.25, 0.3) is 0 Å². The Balaban J connectivity index is 1.41. The lowest BCUT2D eigenvalue weighted by molar-refractivity contribution is -0.128. The largest absolute Gasteiger partial charge is 0.322 e. The van der Waals surface area contributed by atoms with E-state index in [0.29, 0.717) is 22.9 Å². The van der Waals surface area contributed by atoms with E-state index in [1.807, 2.05) is 59.5 Å². The summed E-state index contributed by atoms with van der Waals surface area (Å²) >= 11 is 7.54. The number of halogens is 1. The molecule has 1 saturated heterocycles. The molecule has 4 rings (SSSR count). The molecule has 0 unspecified atom stereocenters. The first-order valence-corrected chi connectivity index (χ1v) is 11.2. The minimum atomic E-state index is -0.305. The van der Waals surface area contributed by atoms with Crippen LogP contribution in [0, 0.1) is 0 Å². The highest BCUT2D eigenvalue weighted by atomic mass is 35.5. The zero-order chi connectivity index (χ0) is 21.6. The molecule has 156 valence electrons. The van der Waals surface area contributed by atoms with Gasteiger partial charge in [-0.05, 0) is 41.0 Å². The molecule has 1 heterocycles. The number of nitrogens with zero attached hydrogens (tertiary/aromatic N) is 2. The Morgan fingerprint density at radius 2 is 1.87 bits per heavy atom. The lowest BCUT2D eigenvalue weighted by Gasteiger charge is -2.24. The van der Waals surface area contributed by atoms with Gasteiger partial charge in [-0.3, -0.25) is 9.59 Å². The van der Waals surface area contributed by atoms with Gasteiger partial charge in [0.15, 0.2) is 0 Å². The van der Waals surface area contributed by atoms with Crippen molar-refractivity contribution in [3.63, 3.8) is 0 Å². The number of benzene rings is 3. The van der Waals surface area contributed by atoms with Gasteiger partial charge in [-0.15, -0.1) is 11.8 Å². The highest BCUT2D eigenvalue weighted by molar-refractivity contribution is 8.00. The summed E-state index contributed by atoms with van der Waals surface area (Å²) in [4.78, 5) is 26.7. The fourth-order valence-electron chi connectivity index (χ4n) is 3.30. The number of rotatable bonds is 6. The van der Waals surface area contributed by atoms with Crippen LogP contribution in [0.1, 0.15) is 32.4 Å². The molecule has 1 aliphatic heterocycles. The van der Waals surface area contributed by atoms with Crippen molar-refractivity contribution in [3.8, 4) is 0 Å². The van der Waals surface area contributed by atoms with E-state index >= 15 is 0 Å². The van der Waals surface area contributed by atoms with Crippen LogP contribution in [0.5, 0.6) is 0 Å². The molecule has 1 N–H and O–H groups in total. The number of nitrogens with one attached hydrogen (secondary N) is 1. The molecular formula is C24H20ClN3O2S. The van der Waals surface area contributed by atoms with Crippen LogP contribution < -0.4 is 5.43 Å². The summed E-state index contributed by atoms with van der Waals surface area (Å²) in [5.41, 5.74) is 5.90. The smallest absolute Gasteiger partial charge is 0.271 e. The summed E-state index contributed by atoms with van der Waals surface area (Å²) in [5.74, 6) is 0.273. The molecule has 7 heteroatoms. The van der Waals surface area contributed by atoms with E-state index in [4.69, 9.17) is 11.6 Å². The van der Waals surface area contributed by atoms with Crippen molar-refractivity contribution in [2.24, 2.45) is 5.10 Å². The summed E-state index contributed by atoms with van der Waals surface area (Å²) < 4.78 is 0. The average Bonchev–Trinajstić information content (AvgIpc) is 3.14. The van der Waals surface area contributed by atoms with Crippen LogP contribution >= 0.6 is 23.4 Å². The Bertz CT molecular complexity index is 1100. The zero-order valence-corrected chi connectivity index (χ0v) is 18.1. The van der Waals surface area contributed by atoms with Crippen LogP contribution in [0.4, 0.5) is 0 Å². The van der Waals surface area contributed by atoms with Gasteiger partial charge in [0.1, 0.15) is 5.37 Å². The molecule has 3 aromatic carbocycles. The monoisotopic (exact) mass is 449 g/mol. The van der Waals surface area contributed by atoms with Gasteiger partial charge in [0.2, 0.25) is 5.91 Å². The Labute approximate surface area is 190 Å². The Morgan fingerprint density at radius 1 is 1.10 bits per heavy atom. The minimum absolute atomic E-state index is 0.0642. The van der Waals surface area contributed by atoms with Crippen molar-refractivity contribution in [2.75, 3.05) is 5.75 Å². The van der Waals surface area contributed by atoms with Crippen molar-refractivity contribution in [1.29, 1.82) is 0 Å². The van der Waals surface area contributed by atoms with Crippen LogP contribution in [-0.4, -0.2) is 28.7 Å². The highest BCUT2D eigenvalue weighted by Crippen LogP contribution is 2.39. The lowest BCUT2D eigenvalue weighted by atomic mass is 10.1. The normalized spacial score (nSPS) is 16.1. The molecule has 0 saturated carbocycles. The Kier molecular flexibility index (Phi) is 6.70. The third-order valence-corrected chi connectivity index (χ3v) is 6.34. The van der Waals surface area contributed by atoms with E-state index in [1.165, 1.54) is 0 Å². The van der Waals surface area contributed by atoms with E-state index in [2.05, 4.69) is 10.5 Å². The third kappa shape index (κ3) is 5.34. The molecule has 0 aromatic heterocycles. The van der Waals surface area contributed by atoms with Gasteiger partial charge in [-0.25, -0.2) is 5.43 Å². The number of carbonyl (C=O) groups is 2. The first-order chi connectivity index (χ1) is 15.1. The van der Waals surface area contributed by atoms with Gasteiger partial charge in [0.05, 0.1) is 12.0 Å². The second-order valence-corrected chi connectivity index (χ2v) is 8.55. The first kappa shape index (κ1) is 21.2. The van der Waals surface area contributed by atoms with Crippen molar-refractivity contribution in [2.45, 2.75) is 11.9 Å².